The van der Waals surface area contributed by atoms with Gasteiger partial charge in [-0.05, 0) is 63.5 Å². The topological polar surface area (TPSA) is 32.5 Å². The SMILES string of the molecule is NCC1(N2CCC3(CCCCC3)CC2)CCN(C2CC2)C1. The number of piperidine rings is 1. The summed E-state index contributed by atoms with van der Waals surface area (Å²) in [5.74, 6) is 0. The lowest BCUT2D eigenvalue weighted by Crippen LogP contribution is -2.59. The van der Waals surface area contributed by atoms with Crippen LogP contribution in [0, 0.1) is 5.41 Å². The highest BCUT2D eigenvalue weighted by atomic mass is 15.3. The van der Waals surface area contributed by atoms with Crippen molar-refractivity contribution in [3.63, 3.8) is 0 Å². The molecule has 21 heavy (non-hydrogen) atoms. The standard InChI is InChI=1S/C18H33N3/c19-14-18(10-11-20(15-18)16-4-5-16)21-12-8-17(9-13-21)6-2-1-3-7-17/h16H,1-15,19H2. The second kappa shape index (κ2) is 5.50. The molecule has 0 aromatic heterocycles. The molecule has 2 N–H and O–H groups in total. The van der Waals surface area contributed by atoms with Crippen LogP contribution in [-0.2, 0) is 0 Å². The van der Waals surface area contributed by atoms with Crippen LogP contribution in [0.1, 0.15) is 64.2 Å². The van der Waals surface area contributed by atoms with E-state index in [2.05, 4.69) is 9.80 Å². The van der Waals surface area contributed by atoms with Gasteiger partial charge >= 0.3 is 0 Å². The Morgan fingerprint density at radius 1 is 0.857 bits per heavy atom. The van der Waals surface area contributed by atoms with Gasteiger partial charge in [-0.3, -0.25) is 9.80 Å². The first-order valence-electron chi connectivity index (χ1n) is 9.45. The predicted molar refractivity (Wildman–Crippen MR) is 87.3 cm³/mol. The van der Waals surface area contributed by atoms with Gasteiger partial charge < -0.3 is 5.73 Å². The number of nitrogens with zero attached hydrogens (tertiary/aromatic N) is 2. The Morgan fingerprint density at radius 3 is 2.19 bits per heavy atom. The van der Waals surface area contributed by atoms with E-state index < -0.39 is 0 Å². The summed E-state index contributed by atoms with van der Waals surface area (Å²) in [6, 6.07) is 0.910. The number of likely N-dealkylation sites (tertiary alicyclic amines) is 2. The van der Waals surface area contributed by atoms with Gasteiger partial charge in [-0.25, -0.2) is 0 Å². The first-order valence-corrected chi connectivity index (χ1v) is 9.45. The quantitative estimate of drug-likeness (QED) is 0.867. The fourth-order valence-corrected chi connectivity index (χ4v) is 5.45. The summed E-state index contributed by atoms with van der Waals surface area (Å²) in [6.45, 7) is 6.04. The lowest BCUT2D eigenvalue weighted by molar-refractivity contribution is 0.00716. The summed E-state index contributed by atoms with van der Waals surface area (Å²) in [5.41, 5.74) is 7.32. The smallest absolute Gasteiger partial charge is 0.0470 e. The minimum atomic E-state index is 0.318. The van der Waals surface area contributed by atoms with Crippen molar-refractivity contribution < 1.29 is 0 Å². The van der Waals surface area contributed by atoms with E-state index in [1.165, 1.54) is 90.4 Å². The van der Waals surface area contributed by atoms with E-state index in [1.54, 1.807) is 0 Å². The Morgan fingerprint density at radius 2 is 1.57 bits per heavy atom. The molecule has 4 fully saturated rings. The number of rotatable bonds is 3. The zero-order valence-electron chi connectivity index (χ0n) is 13.7. The maximum atomic E-state index is 6.28. The zero-order chi connectivity index (χ0) is 14.3. The van der Waals surface area contributed by atoms with Crippen LogP contribution in [-0.4, -0.2) is 54.1 Å². The van der Waals surface area contributed by atoms with Gasteiger partial charge in [-0.15, -0.1) is 0 Å². The average molecular weight is 291 g/mol. The van der Waals surface area contributed by atoms with E-state index in [1.807, 2.05) is 0 Å². The molecule has 4 rings (SSSR count). The zero-order valence-corrected chi connectivity index (χ0v) is 13.7. The lowest BCUT2D eigenvalue weighted by atomic mass is 9.67. The van der Waals surface area contributed by atoms with Crippen LogP contribution in [0.25, 0.3) is 0 Å². The first-order chi connectivity index (χ1) is 10.3. The van der Waals surface area contributed by atoms with Crippen LogP contribution in [0.5, 0.6) is 0 Å². The Balaban J connectivity index is 1.39. The van der Waals surface area contributed by atoms with Gasteiger partial charge in [0, 0.05) is 31.2 Å². The fourth-order valence-electron chi connectivity index (χ4n) is 5.45. The molecule has 2 saturated carbocycles. The molecule has 0 aromatic carbocycles. The third-order valence-electron chi connectivity index (χ3n) is 7.21. The number of hydrogen-bond acceptors (Lipinski definition) is 3. The molecule has 0 aromatic rings. The monoisotopic (exact) mass is 291 g/mol. The minimum absolute atomic E-state index is 0.318. The molecule has 2 saturated heterocycles. The Labute approximate surface area is 130 Å². The molecule has 1 atom stereocenters. The Bertz CT molecular complexity index is 363. The molecule has 1 spiro atoms. The van der Waals surface area contributed by atoms with Gasteiger partial charge in [0.25, 0.3) is 0 Å². The molecule has 0 radical (unpaired) electrons. The van der Waals surface area contributed by atoms with Crippen LogP contribution in [0.3, 0.4) is 0 Å². The molecule has 4 aliphatic rings. The highest BCUT2D eigenvalue weighted by Crippen LogP contribution is 2.46. The molecular weight excluding hydrogens is 258 g/mol. The molecule has 0 amide bonds. The van der Waals surface area contributed by atoms with Gasteiger partial charge in [0.1, 0.15) is 0 Å². The molecule has 2 aliphatic heterocycles. The maximum Gasteiger partial charge on any atom is 0.0470 e. The summed E-state index contributed by atoms with van der Waals surface area (Å²) >= 11 is 0. The highest BCUT2D eigenvalue weighted by Gasteiger charge is 2.48. The van der Waals surface area contributed by atoms with Crippen molar-refractivity contribution in [3.8, 4) is 0 Å². The van der Waals surface area contributed by atoms with Crippen LogP contribution in [0.2, 0.25) is 0 Å². The van der Waals surface area contributed by atoms with Gasteiger partial charge in [-0.1, -0.05) is 19.3 Å². The van der Waals surface area contributed by atoms with Gasteiger partial charge in [0.2, 0.25) is 0 Å². The van der Waals surface area contributed by atoms with E-state index >= 15 is 0 Å². The second-order valence-corrected chi connectivity index (χ2v) is 8.43. The molecule has 2 aliphatic carbocycles. The fraction of sp³-hybridized carbons (Fsp3) is 1.00. The van der Waals surface area contributed by atoms with Crippen molar-refractivity contribution in [2.75, 3.05) is 32.7 Å². The third kappa shape index (κ3) is 2.66. The molecule has 3 heteroatoms. The van der Waals surface area contributed by atoms with Crippen molar-refractivity contribution in [2.45, 2.75) is 75.8 Å². The minimum Gasteiger partial charge on any atom is -0.329 e. The number of nitrogens with two attached hydrogens (primary N) is 1. The van der Waals surface area contributed by atoms with Crippen molar-refractivity contribution in [2.24, 2.45) is 11.1 Å². The van der Waals surface area contributed by atoms with Crippen LogP contribution >= 0.6 is 0 Å². The lowest BCUT2D eigenvalue weighted by Gasteiger charge is -2.50. The Kier molecular flexibility index (Phi) is 3.79. The van der Waals surface area contributed by atoms with Crippen LogP contribution in [0.15, 0.2) is 0 Å². The van der Waals surface area contributed by atoms with Crippen LogP contribution in [0.4, 0.5) is 0 Å². The summed E-state index contributed by atoms with van der Waals surface area (Å²) in [4.78, 5) is 5.53. The maximum absolute atomic E-state index is 6.28. The van der Waals surface area contributed by atoms with E-state index in [9.17, 15) is 0 Å². The van der Waals surface area contributed by atoms with Crippen molar-refractivity contribution >= 4 is 0 Å². The molecule has 3 nitrogen and oxygen atoms in total. The summed E-state index contributed by atoms with van der Waals surface area (Å²) in [6.07, 6.45) is 14.5. The predicted octanol–water partition coefficient (Wildman–Crippen LogP) is 2.60. The van der Waals surface area contributed by atoms with Gasteiger partial charge in [0.05, 0.1) is 0 Å². The Hall–Kier alpha value is -0.120. The molecule has 1 unspecified atom stereocenters. The van der Waals surface area contributed by atoms with E-state index in [-0.39, 0.29) is 0 Å². The number of hydrogen-bond donors (Lipinski definition) is 1. The van der Waals surface area contributed by atoms with E-state index in [0.29, 0.717) is 5.54 Å². The first kappa shape index (κ1) is 14.5. The molecule has 2 heterocycles. The second-order valence-electron chi connectivity index (χ2n) is 8.43. The molecule has 0 bridgehead atoms. The van der Waals surface area contributed by atoms with Crippen molar-refractivity contribution in [3.05, 3.63) is 0 Å². The van der Waals surface area contributed by atoms with E-state index in [4.69, 9.17) is 5.73 Å². The van der Waals surface area contributed by atoms with Gasteiger partial charge in [-0.2, -0.15) is 0 Å². The normalized spacial score (nSPS) is 38.1. The van der Waals surface area contributed by atoms with E-state index in [0.717, 1.165) is 18.0 Å². The van der Waals surface area contributed by atoms with Gasteiger partial charge in [0.15, 0.2) is 0 Å². The summed E-state index contributed by atoms with van der Waals surface area (Å²) in [5, 5.41) is 0. The summed E-state index contributed by atoms with van der Waals surface area (Å²) < 4.78 is 0. The largest absolute Gasteiger partial charge is 0.329 e. The third-order valence-corrected chi connectivity index (χ3v) is 7.21. The van der Waals surface area contributed by atoms with Crippen LogP contribution < -0.4 is 5.73 Å². The highest BCUT2D eigenvalue weighted by molar-refractivity contribution is 5.05. The molecular formula is C18H33N3. The van der Waals surface area contributed by atoms with Crippen molar-refractivity contribution in [1.82, 2.24) is 9.80 Å². The molecule has 120 valence electrons. The van der Waals surface area contributed by atoms with Crippen molar-refractivity contribution in [1.29, 1.82) is 0 Å². The average Bonchev–Trinajstić information content (AvgIpc) is 3.29. The summed E-state index contributed by atoms with van der Waals surface area (Å²) in [7, 11) is 0.